The Bertz CT molecular complexity index is 174. The number of hydrogen-bond acceptors (Lipinski definition) is 2. The Kier molecular flexibility index (Phi) is 3.91. The van der Waals surface area contributed by atoms with Crippen LogP contribution in [0.5, 0.6) is 0 Å². The smallest absolute Gasteiger partial charge is 0.0525 e. The Morgan fingerprint density at radius 1 is 1.17 bits per heavy atom. The minimum absolute atomic E-state index is 0.0373. The Morgan fingerprint density at radius 2 is 1.83 bits per heavy atom. The Hall–Kier alpha value is -0.730. The highest BCUT2D eigenvalue weighted by molar-refractivity contribution is 4.81. The molecule has 0 aromatic carbocycles. The van der Waals surface area contributed by atoms with Gasteiger partial charge in [-0.15, -0.1) is 0 Å². The fourth-order valence-corrected chi connectivity index (χ4v) is 1.70. The van der Waals surface area contributed by atoms with Gasteiger partial charge in [0.05, 0.1) is 6.04 Å². The van der Waals surface area contributed by atoms with E-state index in [2.05, 4.69) is 10.0 Å². The Labute approximate surface area is 72.8 Å². The van der Waals surface area contributed by atoms with Crippen molar-refractivity contribution in [2.45, 2.75) is 50.6 Å². The monoisotopic (exact) mass is 168 g/mol. The molecule has 1 fully saturated rings. The molecule has 4 nitrogen and oxygen atoms in total. The summed E-state index contributed by atoms with van der Waals surface area (Å²) in [6.45, 7) is 0. The van der Waals surface area contributed by atoms with Crippen LogP contribution < -0.4 is 5.73 Å². The molecular weight excluding hydrogens is 152 g/mol. The van der Waals surface area contributed by atoms with Gasteiger partial charge in [-0.05, 0) is 18.4 Å². The minimum atomic E-state index is 0.0373. The fraction of sp³-hybridized carbons (Fsp3) is 1.00. The van der Waals surface area contributed by atoms with Crippen LogP contribution >= 0.6 is 0 Å². The molecule has 2 atom stereocenters. The van der Waals surface area contributed by atoms with Crippen LogP contribution in [-0.4, -0.2) is 12.1 Å². The molecule has 0 heterocycles. The van der Waals surface area contributed by atoms with E-state index >= 15 is 0 Å². The van der Waals surface area contributed by atoms with Gasteiger partial charge in [0, 0.05) is 11.0 Å². The molecule has 0 spiro atoms. The third-order valence-electron chi connectivity index (χ3n) is 2.48. The molecule has 0 aliphatic heterocycles. The van der Waals surface area contributed by atoms with Crippen LogP contribution in [0.2, 0.25) is 0 Å². The van der Waals surface area contributed by atoms with Crippen molar-refractivity contribution >= 4 is 0 Å². The lowest BCUT2D eigenvalue weighted by atomic mass is 9.93. The standard InChI is InChI=1S/C8H16N4/c9-7-5-3-1-2-4-6-8(7)11-12-10/h7-8H,1-6,9H2/t7-,8-/m1/s1. The zero-order valence-electron chi connectivity index (χ0n) is 7.32. The highest BCUT2D eigenvalue weighted by atomic mass is 15.2. The average molecular weight is 168 g/mol. The second-order valence-corrected chi connectivity index (χ2v) is 3.43. The van der Waals surface area contributed by atoms with Gasteiger partial charge in [-0.1, -0.05) is 30.8 Å². The second-order valence-electron chi connectivity index (χ2n) is 3.43. The van der Waals surface area contributed by atoms with E-state index in [0.29, 0.717) is 0 Å². The van der Waals surface area contributed by atoms with Crippen LogP contribution in [0.1, 0.15) is 38.5 Å². The molecule has 0 unspecified atom stereocenters. The van der Waals surface area contributed by atoms with E-state index in [0.717, 1.165) is 19.3 Å². The van der Waals surface area contributed by atoms with Crippen LogP contribution in [0.25, 0.3) is 10.4 Å². The van der Waals surface area contributed by atoms with E-state index in [1.165, 1.54) is 19.3 Å². The highest BCUT2D eigenvalue weighted by Crippen LogP contribution is 2.18. The molecule has 12 heavy (non-hydrogen) atoms. The molecule has 0 aromatic rings. The van der Waals surface area contributed by atoms with Gasteiger partial charge in [-0.25, -0.2) is 0 Å². The van der Waals surface area contributed by atoms with E-state index < -0.39 is 0 Å². The minimum Gasteiger partial charge on any atom is -0.327 e. The second kappa shape index (κ2) is 5.01. The number of nitrogens with zero attached hydrogens (tertiary/aromatic N) is 3. The summed E-state index contributed by atoms with van der Waals surface area (Å²) in [5.74, 6) is 0. The first kappa shape index (κ1) is 9.36. The molecule has 2 N–H and O–H groups in total. The van der Waals surface area contributed by atoms with Crippen molar-refractivity contribution in [3.05, 3.63) is 10.4 Å². The Morgan fingerprint density at radius 3 is 2.50 bits per heavy atom. The molecule has 0 amide bonds. The number of rotatable bonds is 1. The summed E-state index contributed by atoms with van der Waals surface area (Å²) >= 11 is 0. The van der Waals surface area contributed by atoms with Gasteiger partial charge in [-0.3, -0.25) is 0 Å². The summed E-state index contributed by atoms with van der Waals surface area (Å²) < 4.78 is 0. The van der Waals surface area contributed by atoms with E-state index in [1.54, 1.807) is 0 Å². The van der Waals surface area contributed by atoms with E-state index in [9.17, 15) is 0 Å². The van der Waals surface area contributed by atoms with Crippen LogP contribution in [0.3, 0.4) is 0 Å². The Balaban J connectivity index is 2.48. The summed E-state index contributed by atoms with van der Waals surface area (Å²) in [4.78, 5) is 2.83. The predicted molar refractivity (Wildman–Crippen MR) is 48.6 cm³/mol. The summed E-state index contributed by atoms with van der Waals surface area (Å²) in [7, 11) is 0. The van der Waals surface area contributed by atoms with Gasteiger partial charge >= 0.3 is 0 Å². The number of hydrogen-bond donors (Lipinski definition) is 1. The van der Waals surface area contributed by atoms with Gasteiger partial charge in [0.25, 0.3) is 0 Å². The summed E-state index contributed by atoms with van der Waals surface area (Å²) in [5, 5.41) is 3.72. The summed E-state index contributed by atoms with van der Waals surface area (Å²) in [6, 6.07) is 0.122. The lowest BCUT2D eigenvalue weighted by Gasteiger charge is -2.21. The molecule has 0 saturated heterocycles. The molecular formula is C8H16N4. The van der Waals surface area contributed by atoms with E-state index in [-0.39, 0.29) is 12.1 Å². The maximum atomic E-state index is 8.30. The third-order valence-corrected chi connectivity index (χ3v) is 2.48. The van der Waals surface area contributed by atoms with Crippen molar-refractivity contribution in [2.24, 2.45) is 10.8 Å². The molecule has 0 bridgehead atoms. The van der Waals surface area contributed by atoms with Crippen molar-refractivity contribution in [1.82, 2.24) is 0 Å². The number of azide groups is 1. The zero-order chi connectivity index (χ0) is 8.81. The summed E-state index contributed by atoms with van der Waals surface area (Å²) in [5.41, 5.74) is 14.2. The topological polar surface area (TPSA) is 74.8 Å². The predicted octanol–water partition coefficient (Wildman–Crippen LogP) is 2.35. The fourth-order valence-electron chi connectivity index (χ4n) is 1.70. The first-order chi connectivity index (χ1) is 5.84. The molecule has 0 aromatic heterocycles. The van der Waals surface area contributed by atoms with E-state index in [4.69, 9.17) is 11.3 Å². The first-order valence-electron chi connectivity index (χ1n) is 4.64. The maximum absolute atomic E-state index is 8.30. The first-order valence-corrected chi connectivity index (χ1v) is 4.64. The third kappa shape index (κ3) is 2.72. The highest BCUT2D eigenvalue weighted by Gasteiger charge is 2.17. The SMILES string of the molecule is [N-]=[N+]=N[C@@H]1CCCCCC[C@H]1N. The van der Waals surface area contributed by atoms with Gasteiger partial charge in [-0.2, -0.15) is 0 Å². The van der Waals surface area contributed by atoms with Crippen LogP contribution in [0, 0.1) is 0 Å². The lowest BCUT2D eigenvalue weighted by molar-refractivity contribution is 0.402. The zero-order valence-corrected chi connectivity index (χ0v) is 7.32. The molecule has 1 aliphatic rings. The largest absolute Gasteiger partial charge is 0.327 e. The van der Waals surface area contributed by atoms with Crippen molar-refractivity contribution in [1.29, 1.82) is 0 Å². The van der Waals surface area contributed by atoms with E-state index in [1.807, 2.05) is 0 Å². The van der Waals surface area contributed by atoms with Crippen molar-refractivity contribution in [2.75, 3.05) is 0 Å². The molecule has 1 aliphatic carbocycles. The van der Waals surface area contributed by atoms with Crippen LogP contribution in [0.15, 0.2) is 5.11 Å². The van der Waals surface area contributed by atoms with Crippen LogP contribution in [-0.2, 0) is 0 Å². The van der Waals surface area contributed by atoms with Crippen molar-refractivity contribution in [3.63, 3.8) is 0 Å². The molecule has 4 heteroatoms. The van der Waals surface area contributed by atoms with Gasteiger partial charge in [0.15, 0.2) is 0 Å². The quantitative estimate of drug-likeness (QED) is 0.364. The van der Waals surface area contributed by atoms with Gasteiger partial charge in [0.2, 0.25) is 0 Å². The lowest BCUT2D eigenvalue weighted by Crippen LogP contribution is -2.33. The van der Waals surface area contributed by atoms with Crippen molar-refractivity contribution in [3.8, 4) is 0 Å². The van der Waals surface area contributed by atoms with Gasteiger partial charge in [0.1, 0.15) is 0 Å². The number of nitrogens with two attached hydrogens (primary N) is 1. The normalized spacial score (nSPS) is 31.4. The molecule has 1 rings (SSSR count). The van der Waals surface area contributed by atoms with Gasteiger partial charge < -0.3 is 5.73 Å². The maximum Gasteiger partial charge on any atom is 0.0525 e. The summed E-state index contributed by atoms with van der Waals surface area (Å²) in [6.07, 6.45) is 6.83. The van der Waals surface area contributed by atoms with Crippen molar-refractivity contribution < 1.29 is 0 Å². The molecule has 0 radical (unpaired) electrons. The molecule has 68 valence electrons. The van der Waals surface area contributed by atoms with Crippen LogP contribution in [0.4, 0.5) is 0 Å². The molecule has 1 saturated carbocycles. The average Bonchev–Trinajstić information content (AvgIpc) is 2.05.